The molecule has 8 rings (SSSR count). The van der Waals surface area contributed by atoms with Gasteiger partial charge in [0.1, 0.15) is 5.52 Å². The quantitative estimate of drug-likeness (QED) is 0.203. The summed E-state index contributed by atoms with van der Waals surface area (Å²) in [6.07, 6.45) is 0. The summed E-state index contributed by atoms with van der Waals surface area (Å²) < 4.78 is 5.95. The third-order valence-electron chi connectivity index (χ3n) is 7.48. The second kappa shape index (κ2) is 9.98. The first kappa shape index (κ1) is 24.0. The van der Waals surface area contributed by atoms with Crippen molar-refractivity contribution in [3.05, 3.63) is 146 Å². The lowest BCUT2D eigenvalue weighted by molar-refractivity contribution is 0.620. The molecule has 0 unspecified atom stereocenters. The van der Waals surface area contributed by atoms with Gasteiger partial charge in [-0.15, -0.1) is 0 Å². The molecule has 0 fully saturated rings. The van der Waals surface area contributed by atoms with Crippen molar-refractivity contribution in [1.29, 1.82) is 0 Å². The number of fused-ring (bicyclic) bond motifs is 3. The molecule has 0 aliphatic rings. The Morgan fingerprint density at radius 3 is 1.62 bits per heavy atom. The molecule has 2 aromatic heterocycles. The molecule has 0 saturated heterocycles. The van der Waals surface area contributed by atoms with Crippen molar-refractivity contribution in [3.63, 3.8) is 0 Å². The highest BCUT2D eigenvalue weighted by Crippen LogP contribution is 2.37. The van der Waals surface area contributed by atoms with Crippen molar-refractivity contribution in [1.82, 2.24) is 15.0 Å². The van der Waals surface area contributed by atoms with Gasteiger partial charge in [0.15, 0.2) is 5.58 Å². The van der Waals surface area contributed by atoms with E-state index in [1.807, 2.05) is 60.7 Å². The van der Waals surface area contributed by atoms with Crippen LogP contribution in [0.25, 0.3) is 55.7 Å². The first-order valence-corrected chi connectivity index (χ1v) is 13.9. The zero-order valence-corrected chi connectivity index (χ0v) is 22.6. The summed E-state index contributed by atoms with van der Waals surface area (Å²) in [5.74, 6) is 0.629. The Bertz CT molecular complexity index is 2150. The van der Waals surface area contributed by atoms with Gasteiger partial charge < -0.3 is 9.32 Å². The number of benzene rings is 6. The van der Waals surface area contributed by atoms with Gasteiger partial charge in [-0.05, 0) is 90.0 Å². The molecule has 0 N–H and O–H groups in total. The van der Waals surface area contributed by atoms with Crippen LogP contribution in [0.15, 0.2) is 150 Å². The van der Waals surface area contributed by atoms with Gasteiger partial charge in [-0.2, -0.15) is 0 Å². The molecule has 5 nitrogen and oxygen atoms in total. The van der Waals surface area contributed by atoms with Crippen LogP contribution in [0.3, 0.4) is 0 Å². The summed E-state index contributed by atoms with van der Waals surface area (Å²) >= 11 is 0. The Morgan fingerprint density at radius 2 is 0.905 bits per heavy atom. The summed E-state index contributed by atoms with van der Waals surface area (Å²) in [6, 6.07) is 49.5. The predicted octanol–water partition coefficient (Wildman–Crippen LogP) is 9.73. The van der Waals surface area contributed by atoms with Crippen LogP contribution in [0.1, 0.15) is 0 Å². The van der Waals surface area contributed by atoms with Gasteiger partial charge >= 0.3 is 0 Å². The second-order valence-corrected chi connectivity index (χ2v) is 10.2. The number of anilines is 3. The molecular formula is C37H24N4O. The minimum absolute atomic E-state index is 0.629. The molecule has 0 aliphatic heterocycles. The lowest BCUT2D eigenvalue weighted by Crippen LogP contribution is -2.10. The fourth-order valence-corrected chi connectivity index (χ4v) is 5.38. The number of para-hydroxylation sites is 5. The molecule has 0 amide bonds. The fourth-order valence-electron chi connectivity index (χ4n) is 5.38. The van der Waals surface area contributed by atoms with Gasteiger partial charge in [-0.25, -0.2) is 15.0 Å². The topological polar surface area (TPSA) is 55.1 Å². The van der Waals surface area contributed by atoms with Crippen LogP contribution in [-0.4, -0.2) is 15.0 Å². The Balaban J connectivity index is 1.14. The molecule has 0 atom stereocenters. The Morgan fingerprint density at radius 1 is 0.381 bits per heavy atom. The lowest BCUT2D eigenvalue weighted by atomic mass is 10.0. The van der Waals surface area contributed by atoms with Gasteiger partial charge in [0.2, 0.25) is 5.89 Å². The molecule has 0 bridgehead atoms. The molecule has 42 heavy (non-hydrogen) atoms. The molecule has 198 valence electrons. The number of hydrogen-bond acceptors (Lipinski definition) is 5. The molecule has 0 saturated carbocycles. The van der Waals surface area contributed by atoms with E-state index in [0.717, 1.165) is 66.9 Å². The summed E-state index contributed by atoms with van der Waals surface area (Å²) in [5.41, 5.74) is 11.5. The molecule has 2 heterocycles. The molecule has 6 aromatic carbocycles. The second-order valence-electron chi connectivity index (χ2n) is 10.2. The summed E-state index contributed by atoms with van der Waals surface area (Å²) in [6.45, 7) is 0. The molecule has 5 heteroatoms. The molecule has 0 aliphatic carbocycles. The normalized spacial score (nSPS) is 11.3. The van der Waals surface area contributed by atoms with Crippen molar-refractivity contribution >= 4 is 50.2 Å². The standard InChI is InChI=1S/C37H24N4O/c1-2-8-28(9-3-1)41(30-22-23-33-35(24-30)39-32-11-5-4-10-31(32)38-33)29-20-18-26(19-21-29)25-14-16-27(17-15-25)37-40-34-12-6-7-13-36(34)42-37/h1-24H. The van der Waals surface area contributed by atoms with Gasteiger partial charge in [-0.1, -0.05) is 66.7 Å². The van der Waals surface area contributed by atoms with Crippen LogP contribution in [0.5, 0.6) is 0 Å². The van der Waals surface area contributed by atoms with E-state index in [9.17, 15) is 0 Å². The summed E-state index contributed by atoms with van der Waals surface area (Å²) in [7, 11) is 0. The maximum Gasteiger partial charge on any atom is 0.227 e. The average Bonchev–Trinajstić information content (AvgIpc) is 3.49. The minimum atomic E-state index is 0.629. The maximum absolute atomic E-state index is 5.95. The average molecular weight is 541 g/mol. The van der Waals surface area contributed by atoms with Crippen LogP contribution in [0, 0.1) is 0 Å². The zero-order chi connectivity index (χ0) is 27.9. The smallest absolute Gasteiger partial charge is 0.227 e. The van der Waals surface area contributed by atoms with Crippen LogP contribution >= 0.6 is 0 Å². The highest BCUT2D eigenvalue weighted by molar-refractivity contribution is 5.90. The van der Waals surface area contributed by atoms with E-state index in [-0.39, 0.29) is 0 Å². The van der Waals surface area contributed by atoms with Crippen LogP contribution in [0.4, 0.5) is 17.1 Å². The van der Waals surface area contributed by atoms with Gasteiger partial charge in [-0.3, -0.25) is 0 Å². The number of oxazole rings is 1. The monoisotopic (exact) mass is 540 g/mol. The fraction of sp³-hybridized carbons (Fsp3) is 0. The molecule has 0 spiro atoms. The highest BCUT2D eigenvalue weighted by atomic mass is 16.3. The van der Waals surface area contributed by atoms with Crippen molar-refractivity contribution in [2.75, 3.05) is 4.90 Å². The van der Waals surface area contributed by atoms with Crippen LogP contribution in [0.2, 0.25) is 0 Å². The number of hydrogen-bond donors (Lipinski definition) is 0. The summed E-state index contributed by atoms with van der Waals surface area (Å²) in [5, 5.41) is 0. The van der Waals surface area contributed by atoms with E-state index >= 15 is 0 Å². The van der Waals surface area contributed by atoms with E-state index in [1.165, 1.54) is 0 Å². The Labute approximate surface area is 242 Å². The SMILES string of the molecule is c1ccc(N(c2ccc(-c3ccc(-c4nc5ccccc5o4)cc3)cc2)c2ccc3nc4ccccc4nc3c2)cc1. The Hall–Kier alpha value is -5.81. The number of nitrogens with zero attached hydrogens (tertiary/aromatic N) is 4. The van der Waals surface area contributed by atoms with Crippen LogP contribution < -0.4 is 4.90 Å². The molecule has 0 radical (unpaired) electrons. The third-order valence-corrected chi connectivity index (χ3v) is 7.48. The Kier molecular flexibility index (Phi) is 5.71. The minimum Gasteiger partial charge on any atom is -0.436 e. The highest BCUT2D eigenvalue weighted by Gasteiger charge is 2.14. The van der Waals surface area contributed by atoms with Gasteiger partial charge in [0, 0.05) is 22.6 Å². The predicted molar refractivity (Wildman–Crippen MR) is 170 cm³/mol. The van der Waals surface area contributed by atoms with Gasteiger partial charge in [0.25, 0.3) is 0 Å². The molecular weight excluding hydrogens is 516 g/mol. The van der Waals surface area contributed by atoms with E-state index in [1.54, 1.807) is 0 Å². The van der Waals surface area contributed by atoms with Crippen molar-refractivity contribution in [2.24, 2.45) is 0 Å². The van der Waals surface area contributed by atoms with E-state index < -0.39 is 0 Å². The largest absolute Gasteiger partial charge is 0.436 e. The van der Waals surface area contributed by atoms with Crippen molar-refractivity contribution < 1.29 is 4.42 Å². The van der Waals surface area contributed by atoms with E-state index in [4.69, 9.17) is 14.4 Å². The van der Waals surface area contributed by atoms with Gasteiger partial charge in [0.05, 0.1) is 22.1 Å². The maximum atomic E-state index is 5.95. The lowest BCUT2D eigenvalue weighted by Gasteiger charge is -2.25. The zero-order valence-electron chi connectivity index (χ0n) is 22.6. The first-order valence-electron chi connectivity index (χ1n) is 13.9. The third kappa shape index (κ3) is 4.34. The van der Waals surface area contributed by atoms with E-state index in [0.29, 0.717) is 5.89 Å². The van der Waals surface area contributed by atoms with E-state index in [2.05, 4.69) is 94.8 Å². The molecule has 8 aromatic rings. The van der Waals surface area contributed by atoms with Crippen molar-refractivity contribution in [3.8, 4) is 22.6 Å². The number of aromatic nitrogens is 3. The van der Waals surface area contributed by atoms with Crippen LogP contribution in [-0.2, 0) is 0 Å². The number of rotatable bonds is 5. The summed E-state index contributed by atoms with van der Waals surface area (Å²) in [4.78, 5) is 16.6. The van der Waals surface area contributed by atoms with Crippen molar-refractivity contribution in [2.45, 2.75) is 0 Å². The first-order chi connectivity index (χ1) is 20.8.